The number of unbranched alkanes of at least 4 members (excludes halogenated alkanes) is 2. The Bertz CT molecular complexity index is 356. The van der Waals surface area contributed by atoms with E-state index in [0.717, 1.165) is 0 Å². The highest BCUT2D eigenvalue weighted by molar-refractivity contribution is 5.18. The SMILES string of the molecule is CCCCCC1C(F)(F)C(F)(F)C(F)(F)C(F)(F)C1(F)F. The smallest absolute Gasteiger partial charge is 0.199 e. The van der Waals surface area contributed by atoms with E-state index in [9.17, 15) is 43.9 Å². The summed E-state index contributed by atoms with van der Waals surface area (Å²) in [5.74, 6) is -35.7. The predicted molar refractivity (Wildman–Crippen MR) is 52.4 cm³/mol. The van der Waals surface area contributed by atoms with Gasteiger partial charge in [0.15, 0.2) is 0 Å². The fourth-order valence-corrected chi connectivity index (χ4v) is 2.24. The molecule has 10 heteroatoms. The monoisotopic (exact) mass is 334 g/mol. The van der Waals surface area contributed by atoms with Crippen molar-refractivity contribution in [2.75, 3.05) is 0 Å². The van der Waals surface area contributed by atoms with E-state index < -0.39 is 48.4 Å². The van der Waals surface area contributed by atoms with Crippen LogP contribution >= 0.6 is 0 Å². The van der Waals surface area contributed by atoms with Gasteiger partial charge in [0.1, 0.15) is 0 Å². The maximum absolute atomic E-state index is 13.4. The van der Waals surface area contributed by atoms with Gasteiger partial charge in [-0.2, -0.15) is 43.9 Å². The molecule has 21 heavy (non-hydrogen) atoms. The molecular weight excluding hydrogens is 322 g/mol. The van der Waals surface area contributed by atoms with Crippen LogP contribution in [0.5, 0.6) is 0 Å². The van der Waals surface area contributed by atoms with E-state index in [0.29, 0.717) is 6.42 Å². The average Bonchev–Trinajstić information content (AvgIpc) is 2.31. The molecule has 0 aliphatic heterocycles. The summed E-state index contributed by atoms with van der Waals surface area (Å²) >= 11 is 0. The fourth-order valence-electron chi connectivity index (χ4n) is 2.24. The quantitative estimate of drug-likeness (QED) is 0.479. The molecule has 126 valence electrons. The minimum Gasteiger partial charge on any atom is -0.199 e. The third-order valence-electron chi connectivity index (χ3n) is 3.60. The Kier molecular flexibility index (Phi) is 4.29. The lowest BCUT2D eigenvalue weighted by atomic mass is 9.72. The molecule has 1 saturated carbocycles. The Balaban J connectivity index is 3.36. The Hall–Kier alpha value is -0.700. The van der Waals surface area contributed by atoms with Gasteiger partial charge in [-0.1, -0.05) is 26.2 Å². The van der Waals surface area contributed by atoms with Crippen LogP contribution in [0.25, 0.3) is 0 Å². The molecular formula is C11H12F10. The van der Waals surface area contributed by atoms with Crippen molar-refractivity contribution < 1.29 is 43.9 Å². The second kappa shape index (κ2) is 4.91. The molecule has 0 aromatic carbocycles. The van der Waals surface area contributed by atoms with Gasteiger partial charge in [0, 0.05) is 0 Å². The van der Waals surface area contributed by atoms with Crippen LogP contribution in [-0.4, -0.2) is 29.6 Å². The van der Waals surface area contributed by atoms with Crippen molar-refractivity contribution in [1.29, 1.82) is 0 Å². The molecule has 0 aromatic rings. The van der Waals surface area contributed by atoms with Crippen molar-refractivity contribution in [2.45, 2.75) is 62.2 Å². The molecule has 0 radical (unpaired) electrons. The van der Waals surface area contributed by atoms with Crippen LogP contribution < -0.4 is 0 Å². The summed E-state index contributed by atoms with van der Waals surface area (Å²) in [7, 11) is 0. The van der Waals surface area contributed by atoms with Crippen LogP contribution in [0.4, 0.5) is 43.9 Å². The van der Waals surface area contributed by atoms with Crippen LogP contribution in [0.1, 0.15) is 32.6 Å². The molecule has 1 rings (SSSR count). The van der Waals surface area contributed by atoms with Gasteiger partial charge in [0.2, 0.25) is 0 Å². The number of alkyl halides is 10. The highest BCUT2D eigenvalue weighted by Crippen LogP contribution is 2.67. The minimum absolute atomic E-state index is 0.0379. The third-order valence-corrected chi connectivity index (χ3v) is 3.60. The third kappa shape index (κ3) is 2.11. The van der Waals surface area contributed by atoms with Crippen molar-refractivity contribution in [3.63, 3.8) is 0 Å². The van der Waals surface area contributed by atoms with Crippen molar-refractivity contribution in [1.82, 2.24) is 0 Å². The maximum Gasteiger partial charge on any atom is 0.384 e. The first-order chi connectivity index (χ1) is 9.19. The van der Waals surface area contributed by atoms with Crippen LogP contribution in [0.3, 0.4) is 0 Å². The summed E-state index contributed by atoms with van der Waals surface area (Å²) in [4.78, 5) is 0. The first-order valence-corrected chi connectivity index (χ1v) is 6.08. The number of rotatable bonds is 4. The molecule has 0 aromatic heterocycles. The summed E-state index contributed by atoms with van der Waals surface area (Å²) in [5.41, 5.74) is 0. The number of halogens is 10. The average molecular weight is 334 g/mol. The van der Waals surface area contributed by atoms with Crippen molar-refractivity contribution in [2.24, 2.45) is 5.92 Å². The molecule has 0 saturated heterocycles. The Labute approximate surface area is 113 Å². The van der Waals surface area contributed by atoms with Crippen molar-refractivity contribution >= 4 is 0 Å². The molecule has 0 atom stereocenters. The number of hydrogen-bond acceptors (Lipinski definition) is 0. The van der Waals surface area contributed by atoms with Crippen LogP contribution in [0.2, 0.25) is 0 Å². The van der Waals surface area contributed by atoms with E-state index in [4.69, 9.17) is 0 Å². The Morgan fingerprint density at radius 1 is 0.619 bits per heavy atom. The predicted octanol–water partition coefficient (Wildman–Crippen LogP) is 5.37. The van der Waals surface area contributed by atoms with Gasteiger partial charge < -0.3 is 0 Å². The Morgan fingerprint density at radius 2 is 1.00 bits per heavy atom. The van der Waals surface area contributed by atoms with E-state index >= 15 is 0 Å². The molecule has 0 spiro atoms. The van der Waals surface area contributed by atoms with Crippen LogP contribution in [0, 0.1) is 5.92 Å². The lowest BCUT2D eigenvalue weighted by Gasteiger charge is -2.49. The topological polar surface area (TPSA) is 0 Å². The van der Waals surface area contributed by atoms with E-state index in [2.05, 4.69) is 0 Å². The van der Waals surface area contributed by atoms with E-state index in [-0.39, 0.29) is 6.42 Å². The molecule has 1 aliphatic carbocycles. The van der Waals surface area contributed by atoms with Gasteiger partial charge in [-0.3, -0.25) is 0 Å². The lowest BCUT2D eigenvalue weighted by Crippen LogP contribution is -2.77. The summed E-state index contributed by atoms with van der Waals surface area (Å²) < 4.78 is 131. The maximum atomic E-state index is 13.4. The second-order valence-corrected chi connectivity index (χ2v) is 5.02. The summed E-state index contributed by atoms with van der Waals surface area (Å²) in [6.45, 7) is 1.52. The van der Waals surface area contributed by atoms with Gasteiger partial charge in [0.05, 0.1) is 5.92 Å². The normalized spacial score (nSPS) is 29.3. The highest BCUT2D eigenvalue weighted by atomic mass is 19.4. The zero-order chi connectivity index (χ0) is 16.9. The Morgan fingerprint density at radius 3 is 1.33 bits per heavy atom. The largest absolute Gasteiger partial charge is 0.384 e. The van der Waals surface area contributed by atoms with E-state index in [1.165, 1.54) is 6.92 Å². The van der Waals surface area contributed by atoms with Gasteiger partial charge in [-0.05, 0) is 6.42 Å². The van der Waals surface area contributed by atoms with Crippen molar-refractivity contribution in [3.8, 4) is 0 Å². The minimum atomic E-state index is -6.85. The molecule has 0 amide bonds. The molecule has 1 fully saturated rings. The van der Waals surface area contributed by atoms with Crippen LogP contribution in [0.15, 0.2) is 0 Å². The van der Waals surface area contributed by atoms with Gasteiger partial charge >= 0.3 is 29.6 Å². The molecule has 0 unspecified atom stereocenters. The van der Waals surface area contributed by atoms with Crippen LogP contribution in [-0.2, 0) is 0 Å². The summed E-state index contributed by atoms with van der Waals surface area (Å²) in [6.07, 6.45) is -1.54. The molecule has 0 nitrogen and oxygen atoms in total. The fraction of sp³-hybridized carbons (Fsp3) is 1.00. The van der Waals surface area contributed by atoms with Crippen molar-refractivity contribution in [3.05, 3.63) is 0 Å². The summed E-state index contributed by atoms with van der Waals surface area (Å²) in [6, 6.07) is 0. The van der Waals surface area contributed by atoms with E-state index in [1.807, 2.05) is 0 Å². The first kappa shape index (κ1) is 18.3. The molecule has 0 heterocycles. The number of hydrogen-bond donors (Lipinski definition) is 0. The van der Waals surface area contributed by atoms with Gasteiger partial charge in [-0.25, -0.2) is 0 Å². The molecule has 0 N–H and O–H groups in total. The standard InChI is InChI=1S/C11H12F10/c1-2-3-4-5-6-7(12,13)9(16,17)11(20,21)10(18,19)8(6,14)15/h6H,2-5H2,1H3. The first-order valence-electron chi connectivity index (χ1n) is 6.08. The van der Waals surface area contributed by atoms with E-state index in [1.54, 1.807) is 0 Å². The molecule has 0 bridgehead atoms. The summed E-state index contributed by atoms with van der Waals surface area (Å²) in [5, 5.41) is 0. The van der Waals surface area contributed by atoms with Gasteiger partial charge in [0.25, 0.3) is 0 Å². The lowest BCUT2D eigenvalue weighted by molar-refractivity contribution is -0.464. The molecule has 1 aliphatic rings. The second-order valence-electron chi connectivity index (χ2n) is 5.02. The highest BCUT2D eigenvalue weighted by Gasteiger charge is 2.94. The zero-order valence-corrected chi connectivity index (χ0v) is 10.7. The zero-order valence-electron chi connectivity index (χ0n) is 10.7. The van der Waals surface area contributed by atoms with Gasteiger partial charge in [-0.15, -0.1) is 0 Å².